The van der Waals surface area contributed by atoms with Gasteiger partial charge in [0.2, 0.25) is 17.7 Å². The number of aliphatic hydroxyl groups is 1. The summed E-state index contributed by atoms with van der Waals surface area (Å²) in [7, 11) is 0. The molecule has 3 heterocycles. The zero-order valence-corrected chi connectivity index (χ0v) is 24.5. The second-order valence-electron chi connectivity index (χ2n) is 11.3. The van der Waals surface area contributed by atoms with E-state index in [1.807, 2.05) is 67.6 Å². The van der Waals surface area contributed by atoms with Gasteiger partial charge in [-0.05, 0) is 37.3 Å². The molecule has 0 saturated carbocycles. The van der Waals surface area contributed by atoms with Crippen LogP contribution in [-0.4, -0.2) is 69.0 Å². The molecule has 40 heavy (non-hydrogen) atoms. The van der Waals surface area contributed by atoms with E-state index in [1.165, 1.54) is 4.90 Å². The monoisotopic (exact) mass is 611 g/mol. The Hall–Kier alpha value is -2.75. The summed E-state index contributed by atoms with van der Waals surface area (Å²) in [5.74, 6) is -2.43. The molecule has 3 aliphatic heterocycles. The van der Waals surface area contributed by atoms with Crippen LogP contribution in [0.4, 0.5) is 0 Å². The third kappa shape index (κ3) is 5.19. The van der Waals surface area contributed by atoms with Crippen molar-refractivity contribution >= 4 is 33.7 Å². The summed E-state index contributed by atoms with van der Waals surface area (Å²) in [4.78, 5) is 43.4. The lowest BCUT2D eigenvalue weighted by molar-refractivity contribution is -0.145. The Morgan fingerprint density at radius 2 is 1.75 bits per heavy atom. The van der Waals surface area contributed by atoms with E-state index in [4.69, 9.17) is 4.74 Å². The fourth-order valence-corrected chi connectivity index (χ4v) is 7.87. The van der Waals surface area contributed by atoms with Gasteiger partial charge in [-0.2, -0.15) is 0 Å². The van der Waals surface area contributed by atoms with Crippen LogP contribution in [0, 0.1) is 11.8 Å². The Morgan fingerprint density at radius 3 is 2.38 bits per heavy atom. The lowest BCUT2D eigenvalue weighted by Gasteiger charge is -2.37. The van der Waals surface area contributed by atoms with Crippen molar-refractivity contribution < 1.29 is 24.2 Å². The lowest BCUT2D eigenvalue weighted by Crippen LogP contribution is -2.59. The van der Waals surface area contributed by atoms with Crippen molar-refractivity contribution in [2.45, 2.75) is 80.7 Å². The van der Waals surface area contributed by atoms with Crippen LogP contribution in [0.15, 0.2) is 60.7 Å². The van der Waals surface area contributed by atoms with Crippen molar-refractivity contribution in [1.82, 2.24) is 15.5 Å². The van der Waals surface area contributed by atoms with E-state index in [2.05, 4.69) is 33.5 Å². The van der Waals surface area contributed by atoms with Gasteiger partial charge < -0.3 is 25.4 Å². The van der Waals surface area contributed by atoms with Gasteiger partial charge in [0, 0.05) is 17.4 Å². The molecule has 214 valence electrons. The summed E-state index contributed by atoms with van der Waals surface area (Å²) in [5, 5.41) is 16.7. The number of benzene rings is 2. The van der Waals surface area contributed by atoms with Crippen molar-refractivity contribution in [3.05, 3.63) is 71.8 Å². The first-order valence-corrected chi connectivity index (χ1v) is 15.1. The number of halogens is 1. The second-order valence-corrected chi connectivity index (χ2v) is 12.5. The summed E-state index contributed by atoms with van der Waals surface area (Å²) >= 11 is 3.72. The van der Waals surface area contributed by atoms with Gasteiger partial charge in [-0.3, -0.25) is 14.4 Å². The average Bonchev–Trinajstić information content (AvgIpc) is 3.55. The average molecular weight is 613 g/mol. The van der Waals surface area contributed by atoms with Crippen molar-refractivity contribution in [2.75, 3.05) is 6.61 Å². The van der Waals surface area contributed by atoms with Crippen LogP contribution in [0.25, 0.3) is 0 Å². The molecule has 5 rings (SSSR count). The predicted octanol–water partition coefficient (Wildman–Crippen LogP) is 2.96. The van der Waals surface area contributed by atoms with Crippen LogP contribution in [-0.2, 0) is 32.1 Å². The number of amides is 3. The van der Waals surface area contributed by atoms with Gasteiger partial charge in [0.15, 0.2) is 0 Å². The van der Waals surface area contributed by atoms with Gasteiger partial charge in [-0.25, -0.2) is 0 Å². The molecule has 2 bridgehead atoms. The number of aliphatic hydroxyl groups excluding tert-OH is 1. The molecule has 8 nitrogen and oxygen atoms in total. The number of hydrogen-bond acceptors (Lipinski definition) is 5. The topological polar surface area (TPSA) is 108 Å². The van der Waals surface area contributed by atoms with Gasteiger partial charge in [-0.15, -0.1) is 0 Å². The highest BCUT2D eigenvalue weighted by Crippen LogP contribution is 2.60. The number of nitrogens with one attached hydrogen (secondary N) is 2. The molecule has 1 spiro atoms. The molecular formula is C31H38BrN3O5. The van der Waals surface area contributed by atoms with Crippen LogP contribution in [0.2, 0.25) is 0 Å². The van der Waals surface area contributed by atoms with Gasteiger partial charge >= 0.3 is 0 Å². The highest BCUT2D eigenvalue weighted by molar-refractivity contribution is 9.09. The zero-order chi connectivity index (χ0) is 28.4. The molecule has 4 unspecified atom stereocenters. The molecule has 3 saturated heterocycles. The van der Waals surface area contributed by atoms with E-state index in [0.717, 1.165) is 24.0 Å². The molecule has 3 amide bonds. The van der Waals surface area contributed by atoms with Crippen molar-refractivity contribution in [1.29, 1.82) is 0 Å². The lowest BCUT2D eigenvalue weighted by atomic mass is 9.70. The molecule has 8 atom stereocenters. The number of hydrogen-bond donors (Lipinski definition) is 3. The first-order chi connectivity index (χ1) is 19.3. The smallest absolute Gasteiger partial charge is 0.246 e. The van der Waals surface area contributed by atoms with E-state index < -0.39 is 35.6 Å². The normalized spacial score (nSPS) is 30.1. The Balaban J connectivity index is 1.49. The SMILES string of the molecule is CCCC(C)NC(=O)C1N([C@@H](CO)Cc2ccccc2)C(=O)[C@@H]2[C@H](C(=O)NCc3ccccc3)[C@H]3OC12CC3Br. The predicted molar refractivity (Wildman–Crippen MR) is 154 cm³/mol. The van der Waals surface area contributed by atoms with Gasteiger partial charge in [0.1, 0.15) is 11.6 Å². The molecule has 0 radical (unpaired) electrons. The summed E-state index contributed by atoms with van der Waals surface area (Å²) < 4.78 is 6.59. The molecule has 9 heteroatoms. The van der Waals surface area contributed by atoms with E-state index >= 15 is 0 Å². The first-order valence-electron chi connectivity index (χ1n) is 14.2. The van der Waals surface area contributed by atoms with Crippen molar-refractivity contribution in [3.8, 4) is 0 Å². The number of fused-ring (bicyclic) bond motifs is 1. The quantitative estimate of drug-likeness (QED) is 0.339. The Kier molecular flexibility index (Phi) is 8.63. The number of carbonyl (C=O) groups is 3. The van der Waals surface area contributed by atoms with Gasteiger partial charge in [0.25, 0.3) is 0 Å². The first kappa shape index (κ1) is 28.8. The Bertz CT molecular complexity index is 1210. The minimum Gasteiger partial charge on any atom is -0.394 e. The minimum atomic E-state index is -1.16. The Labute approximate surface area is 244 Å². The third-order valence-electron chi connectivity index (χ3n) is 8.62. The molecule has 0 aliphatic carbocycles. The highest BCUT2D eigenvalue weighted by Gasteiger charge is 2.77. The number of likely N-dealkylation sites (tertiary alicyclic amines) is 1. The number of ether oxygens (including phenoxy) is 1. The van der Waals surface area contributed by atoms with E-state index in [9.17, 15) is 19.5 Å². The molecular weight excluding hydrogens is 574 g/mol. The fourth-order valence-electron chi connectivity index (χ4n) is 6.93. The van der Waals surface area contributed by atoms with Gasteiger partial charge in [-0.1, -0.05) is 89.9 Å². The van der Waals surface area contributed by atoms with Crippen LogP contribution in [0.3, 0.4) is 0 Å². The van der Waals surface area contributed by atoms with Crippen LogP contribution in [0.5, 0.6) is 0 Å². The largest absolute Gasteiger partial charge is 0.394 e. The minimum absolute atomic E-state index is 0.0880. The molecule has 3 fully saturated rings. The van der Waals surface area contributed by atoms with Crippen LogP contribution >= 0.6 is 15.9 Å². The highest BCUT2D eigenvalue weighted by atomic mass is 79.9. The molecule has 3 N–H and O–H groups in total. The standard InChI is InChI=1S/C31H38BrN3O5/c1-3-10-19(2)34-29(38)27-31-16-23(32)26(40-31)24(28(37)33-17-21-13-8-5-9-14-21)25(31)30(39)35(27)22(18-36)15-20-11-6-4-7-12-20/h4-9,11-14,19,22-27,36H,3,10,15-18H2,1-2H3,(H,33,37)(H,34,38)/t19?,22-,23?,24+,25+,26+,27?,31?/m1/s1. The summed E-state index contributed by atoms with van der Waals surface area (Å²) in [6.45, 7) is 4.02. The summed E-state index contributed by atoms with van der Waals surface area (Å²) in [5.41, 5.74) is 0.739. The zero-order valence-electron chi connectivity index (χ0n) is 23.0. The maximum atomic E-state index is 14.3. The number of alkyl halides is 1. The van der Waals surface area contributed by atoms with E-state index in [-0.39, 0.29) is 35.2 Å². The number of nitrogens with zero attached hydrogens (tertiary/aromatic N) is 1. The van der Waals surface area contributed by atoms with Crippen LogP contribution in [0.1, 0.15) is 44.2 Å². The number of rotatable bonds is 11. The fraction of sp³-hybridized carbons (Fsp3) is 0.516. The molecule has 2 aromatic carbocycles. The maximum Gasteiger partial charge on any atom is 0.246 e. The van der Waals surface area contributed by atoms with Crippen LogP contribution < -0.4 is 10.6 Å². The van der Waals surface area contributed by atoms with Crippen molar-refractivity contribution in [3.63, 3.8) is 0 Å². The van der Waals surface area contributed by atoms with E-state index in [0.29, 0.717) is 19.4 Å². The van der Waals surface area contributed by atoms with E-state index in [1.54, 1.807) is 0 Å². The summed E-state index contributed by atoms with van der Waals surface area (Å²) in [6, 6.07) is 17.5. The molecule has 0 aromatic heterocycles. The molecule has 3 aliphatic rings. The Morgan fingerprint density at radius 1 is 1.10 bits per heavy atom. The van der Waals surface area contributed by atoms with Gasteiger partial charge in [0.05, 0.1) is 30.6 Å². The maximum absolute atomic E-state index is 14.3. The number of carbonyl (C=O) groups excluding carboxylic acids is 3. The second kappa shape index (κ2) is 12.0. The van der Waals surface area contributed by atoms with Crippen molar-refractivity contribution in [2.24, 2.45) is 11.8 Å². The third-order valence-corrected chi connectivity index (χ3v) is 9.46. The summed E-state index contributed by atoms with van der Waals surface area (Å²) in [6.07, 6.45) is 1.98. The molecule has 2 aromatic rings.